The van der Waals surface area contributed by atoms with Crippen molar-refractivity contribution in [2.75, 3.05) is 27.5 Å². The summed E-state index contributed by atoms with van der Waals surface area (Å²) in [6, 6.07) is 22.0. The molecule has 0 fully saturated rings. The Labute approximate surface area is 242 Å². The first-order valence-electron chi connectivity index (χ1n) is 12.2. The van der Waals surface area contributed by atoms with Crippen LogP contribution in [0.4, 0.5) is 21.5 Å². The number of rotatable bonds is 11. The Morgan fingerprint density at radius 2 is 1.46 bits per heavy atom. The number of hydrogen-bond acceptors (Lipinski definition) is 6. The Kier molecular flexibility index (Phi) is 9.16. The van der Waals surface area contributed by atoms with Gasteiger partial charge in [0.1, 0.15) is 18.1 Å². The zero-order valence-corrected chi connectivity index (χ0v) is 24.0. The number of nitrogens with one attached hydrogen (secondary N) is 2. The molecule has 9 nitrogen and oxygen atoms in total. The summed E-state index contributed by atoms with van der Waals surface area (Å²) in [4.78, 5) is 12.8. The van der Waals surface area contributed by atoms with Gasteiger partial charge in [0.2, 0.25) is 5.91 Å². The van der Waals surface area contributed by atoms with Crippen LogP contribution in [0, 0.1) is 5.82 Å². The van der Waals surface area contributed by atoms with Gasteiger partial charge in [-0.2, -0.15) is 0 Å². The van der Waals surface area contributed by atoms with E-state index in [2.05, 4.69) is 10.0 Å². The number of halogens is 2. The van der Waals surface area contributed by atoms with Gasteiger partial charge in [0.05, 0.1) is 32.8 Å². The molecule has 0 unspecified atom stereocenters. The molecule has 0 aliphatic carbocycles. The van der Waals surface area contributed by atoms with E-state index in [1.54, 1.807) is 25.1 Å². The number of sulfonamides is 2. The molecular formula is C28H25ClFN3O6S2. The largest absolute Gasteiger partial charge is 0.494 e. The highest BCUT2D eigenvalue weighted by Gasteiger charge is 2.27. The van der Waals surface area contributed by atoms with Crippen LogP contribution in [0.1, 0.15) is 6.92 Å². The van der Waals surface area contributed by atoms with E-state index in [1.165, 1.54) is 66.7 Å². The lowest BCUT2D eigenvalue weighted by atomic mass is 10.3. The zero-order chi connectivity index (χ0) is 29.6. The van der Waals surface area contributed by atoms with Crippen molar-refractivity contribution in [1.29, 1.82) is 0 Å². The molecule has 2 N–H and O–H groups in total. The van der Waals surface area contributed by atoms with Crippen LogP contribution in [0.2, 0.25) is 5.02 Å². The lowest BCUT2D eigenvalue weighted by Crippen LogP contribution is -2.38. The minimum atomic E-state index is -4.25. The van der Waals surface area contributed by atoms with Gasteiger partial charge in [-0.25, -0.2) is 21.2 Å². The van der Waals surface area contributed by atoms with Gasteiger partial charge in [-0.05, 0) is 91.9 Å². The van der Waals surface area contributed by atoms with Gasteiger partial charge in [0.15, 0.2) is 0 Å². The fourth-order valence-corrected chi connectivity index (χ4v) is 6.46. The minimum absolute atomic E-state index is 0.0718. The molecule has 0 radical (unpaired) electrons. The van der Waals surface area contributed by atoms with Crippen molar-refractivity contribution in [2.45, 2.75) is 16.7 Å². The fourth-order valence-electron chi connectivity index (χ4n) is 3.72. The standard InChI is InChI=1S/C28H25ClFN3O6S2/c1-2-39-23-13-17-25(18-14-23)41(37,38)33(22-11-7-20(30)8-12-22)19-28(34)31-21-9-15-24(16-10-21)40(35,36)32-27-6-4-3-5-26(27)29/h3-18,32H,2,19H2,1H3,(H,31,34). The molecule has 0 atom stereocenters. The number of nitrogens with zero attached hydrogens (tertiary/aromatic N) is 1. The summed E-state index contributed by atoms with van der Waals surface area (Å²) < 4.78 is 74.8. The number of carbonyl (C=O) groups excluding carboxylic acids is 1. The molecular weight excluding hydrogens is 593 g/mol. The van der Waals surface area contributed by atoms with Crippen LogP contribution in [0.5, 0.6) is 5.75 Å². The van der Waals surface area contributed by atoms with Gasteiger partial charge < -0.3 is 10.1 Å². The van der Waals surface area contributed by atoms with Crippen molar-refractivity contribution in [3.8, 4) is 5.75 Å². The van der Waals surface area contributed by atoms with Crippen LogP contribution in [0.25, 0.3) is 0 Å². The molecule has 0 aromatic heterocycles. The van der Waals surface area contributed by atoms with Crippen molar-refractivity contribution in [2.24, 2.45) is 0 Å². The minimum Gasteiger partial charge on any atom is -0.494 e. The number of ether oxygens (including phenoxy) is 1. The predicted octanol–water partition coefficient (Wildman–Crippen LogP) is 5.51. The third kappa shape index (κ3) is 7.34. The lowest BCUT2D eigenvalue weighted by Gasteiger charge is -2.24. The number of benzene rings is 4. The monoisotopic (exact) mass is 617 g/mol. The smallest absolute Gasteiger partial charge is 0.264 e. The van der Waals surface area contributed by atoms with Gasteiger partial charge in [-0.3, -0.25) is 13.8 Å². The van der Waals surface area contributed by atoms with E-state index in [0.29, 0.717) is 12.4 Å². The fraction of sp³-hybridized carbons (Fsp3) is 0.107. The van der Waals surface area contributed by atoms with E-state index in [4.69, 9.17) is 16.3 Å². The van der Waals surface area contributed by atoms with E-state index in [1.807, 2.05) is 0 Å². The normalized spacial score (nSPS) is 11.5. The zero-order valence-electron chi connectivity index (χ0n) is 21.6. The number of carbonyl (C=O) groups is 1. The molecule has 0 saturated heterocycles. The van der Waals surface area contributed by atoms with Crippen molar-refractivity contribution in [3.63, 3.8) is 0 Å². The molecule has 0 aliphatic rings. The van der Waals surface area contributed by atoms with E-state index < -0.39 is 38.3 Å². The second kappa shape index (κ2) is 12.6. The van der Waals surface area contributed by atoms with Crippen LogP contribution in [0.3, 0.4) is 0 Å². The van der Waals surface area contributed by atoms with Gasteiger partial charge in [-0.15, -0.1) is 0 Å². The highest BCUT2D eigenvalue weighted by atomic mass is 35.5. The summed E-state index contributed by atoms with van der Waals surface area (Å²) in [5, 5.41) is 2.79. The maximum absolute atomic E-state index is 13.6. The quantitative estimate of drug-likeness (QED) is 0.229. The number of amides is 1. The Bertz CT molecular complexity index is 1730. The van der Waals surface area contributed by atoms with Crippen LogP contribution in [-0.2, 0) is 24.8 Å². The average Bonchev–Trinajstić information content (AvgIpc) is 2.94. The van der Waals surface area contributed by atoms with Crippen LogP contribution in [0.15, 0.2) is 107 Å². The Morgan fingerprint density at radius 3 is 2.07 bits per heavy atom. The SMILES string of the molecule is CCOc1ccc(S(=O)(=O)N(CC(=O)Nc2ccc(S(=O)(=O)Nc3ccccc3Cl)cc2)c2ccc(F)cc2)cc1. The predicted molar refractivity (Wildman–Crippen MR) is 156 cm³/mol. The Balaban J connectivity index is 1.53. The highest BCUT2D eigenvalue weighted by molar-refractivity contribution is 7.93. The Hall–Kier alpha value is -4.13. The average molecular weight is 618 g/mol. The molecule has 0 heterocycles. The van der Waals surface area contributed by atoms with E-state index >= 15 is 0 Å². The maximum Gasteiger partial charge on any atom is 0.264 e. The van der Waals surface area contributed by atoms with Gasteiger partial charge in [0, 0.05) is 5.69 Å². The van der Waals surface area contributed by atoms with Gasteiger partial charge >= 0.3 is 0 Å². The molecule has 0 bridgehead atoms. The molecule has 214 valence electrons. The molecule has 4 rings (SSSR count). The van der Waals surface area contributed by atoms with Crippen LogP contribution < -0.4 is 19.1 Å². The van der Waals surface area contributed by atoms with Crippen molar-refractivity contribution in [1.82, 2.24) is 0 Å². The molecule has 4 aromatic rings. The molecule has 0 aliphatic heterocycles. The first kappa shape index (κ1) is 29.8. The molecule has 41 heavy (non-hydrogen) atoms. The van der Waals surface area contributed by atoms with Gasteiger partial charge in [0.25, 0.3) is 20.0 Å². The second-order valence-electron chi connectivity index (χ2n) is 8.55. The van der Waals surface area contributed by atoms with E-state index in [-0.39, 0.29) is 31.9 Å². The summed E-state index contributed by atoms with van der Waals surface area (Å²) in [6.45, 7) is 1.55. The third-order valence-electron chi connectivity index (χ3n) is 5.69. The lowest BCUT2D eigenvalue weighted by molar-refractivity contribution is -0.114. The van der Waals surface area contributed by atoms with Crippen LogP contribution >= 0.6 is 11.6 Å². The Morgan fingerprint density at radius 1 is 0.854 bits per heavy atom. The summed E-state index contributed by atoms with van der Waals surface area (Å²) in [7, 11) is -8.22. The van der Waals surface area contributed by atoms with Crippen LogP contribution in [-0.4, -0.2) is 35.9 Å². The van der Waals surface area contributed by atoms with E-state index in [9.17, 15) is 26.0 Å². The number of para-hydroxylation sites is 1. The van der Waals surface area contributed by atoms with E-state index in [0.717, 1.165) is 16.4 Å². The first-order valence-corrected chi connectivity index (χ1v) is 15.5. The third-order valence-corrected chi connectivity index (χ3v) is 9.19. The van der Waals surface area contributed by atoms with Gasteiger partial charge in [-0.1, -0.05) is 23.7 Å². The van der Waals surface area contributed by atoms with Crippen molar-refractivity contribution in [3.05, 3.63) is 108 Å². The summed E-state index contributed by atoms with van der Waals surface area (Å²) >= 11 is 6.04. The topological polar surface area (TPSA) is 122 Å². The molecule has 0 spiro atoms. The molecule has 0 saturated carbocycles. The molecule has 4 aromatic carbocycles. The van der Waals surface area contributed by atoms with Crippen molar-refractivity contribution >= 4 is 54.6 Å². The first-order chi connectivity index (χ1) is 19.5. The molecule has 1 amide bonds. The summed E-state index contributed by atoms with van der Waals surface area (Å²) in [5.41, 5.74) is 0.507. The maximum atomic E-state index is 13.6. The summed E-state index contributed by atoms with van der Waals surface area (Å²) in [6.07, 6.45) is 0. The molecule has 13 heteroatoms. The number of hydrogen-bond donors (Lipinski definition) is 2. The number of anilines is 3. The second-order valence-corrected chi connectivity index (χ2v) is 12.5. The summed E-state index contributed by atoms with van der Waals surface area (Å²) in [5.74, 6) is -0.811. The highest BCUT2D eigenvalue weighted by Crippen LogP contribution is 2.27. The van der Waals surface area contributed by atoms with Crippen molar-refractivity contribution < 1.29 is 30.8 Å².